The van der Waals surface area contributed by atoms with Crippen molar-refractivity contribution in [2.45, 2.75) is 19.4 Å². The first-order chi connectivity index (χ1) is 10.7. The van der Waals surface area contributed by atoms with Crippen molar-refractivity contribution in [3.8, 4) is 0 Å². The highest BCUT2D eigenvalue weighted by Gasteiger charge is 2.20. The number of likely N-dealkylation sites (tertiary alicyclic amines) is 1. The number of carbonyl (C=O) groups excluding carboxylic acids is 1. The maximum Gasteiger partial charge on any atom is 0.272 e. The quantitative estimate of drug-likeness (QED) is 0.870. The van der Waals surface area contributed by atoms with Gasteiger partial charge >= 0.3 is 0 Å². The van der Waals surface area contributed by atoms with Gasteiger partial charge in [0.05, 0.1) is 0 Å². The number of anilines is 1. The number of carbonyl (C=O) groups is 1. The van der Waals surface area contributed by atoms with E-state index in [0.717, 1.165) is 38.2 Å². The van der Waals surface area contributed by atoms with Crippen molar-refractivity contribution in [1.29, 1.82) is 0 Å². The molecule has 4 nitrogen and oxygen atoms in total. The second-order valence-electron chi connectivity index (χ2n) is 5.74. The Labute approximate surface area is 131 Å². The minimum absolute atomic E-state index is 0.0486. The van der Waals surface area contributed by atoms with Gasteiger partial charge in [0.2, 0.25) is 0 Å². The van der Waals surface area contributed by atoms with Gasteiger partial charge in [-0.2, -0.15) is 0 Å². The molecule has 0 unspecified atom stereocenters. The highest BCUT2D eigenvalue weighted by atomic mass is 16.2. The second kappa shape index (κ2) is 6.60. The minimum Gasteiger partial charge on any atom is -0.370 e. The topological polar surface area (TPSA) is 36.4 Å². The maximum absolute atomic E-state index is 12.4. The van der Waals surface area contributed by atoms with Gasteiger partial charge in [-0.25, -0.2) is 0 Å². The first-order valence-electron chi connectivity index (χ1n) is 7.74. The van der Waals surface area contributed by atoms with E-state index in [4.69, 9.17) is 0 Å². The van der Waals surface area contributed by atoms with E-state index in [0.29, 0.717) is 5.69 Å². The lowest BCUT2D eigenvalue weighted by molar-refractivity contribution is 0.0787. The number of rotatable bonds is 4. The predicted octanol–water partition coefficient (Wildman–Crippen LogP) is 2.95. The van der Waals surface area contributed by atoms with Crippen molar-refractivity contribution in [3.05, 3.63) is 59.9 Å². The highest BCUT2D eigenvalue weighted by Crippen LogP contribution is 2.18. The van der Waals surface area contributed by atoms with Crippen molar-refractivity contribution < 1.29 is 4.79 Å². The first kappa shape index (κ1) is 14.6. The molecule has 2 heterocycles. The molecule has 2 aromatic rings. The predicted molar refractivity (Wildman–Crippen MR) is 87.9 cm³/mol. The van der Waals surface area contributed by atoms with Gasteiger partial charge in [0.1, 0.15) is 5.69 Å². The number of pyridine rings is 1. The third kappa shape index (κ3) is 3.27. The molecule has 0 bridgehead atoms. The number of hydrogen-bond acceptors (Lipinski definition) is 3. The van der Waals surface area contributed by atoms with Crippen LogP contribution in [0.25, 0.3) is 0 Å². The molecule has 3 rings (SSSR count). The lowest BCUT2D eigenvalue weighted by atomic mass is 10.2. The van der Waals surface area contributed by atoms with Crippen LogP contribution in [0.2, 0.25) is 0 Å². The van der Waals surface area contributed by atoms with Gasteiger partial charge in [0, 0.05) is 38.6 Å². The number of hydrogen-bond donors (Lipinski definition) is 0. The van der Waals surface area contributed by atoms with E-state index in [9.17, 15) is 4.79 Å². The molecule has 0 saturated carbocycles. The fourth-order valence-corrected chi connectivity index (χ4v) is 2.80. The molecule has 1 saturated heterocycles. The molecular formula is C18H21N3O. The molecule has 1 aromatic heterocycles. The summed E-state index contributed by atoms with van der Waals surface area (Å²) in [7, 11) is 2.03. The summed E-state index contributed by atoms with van der Waals surface area (Å²) < 4.78 is 0. The van der Waals surface area contributed by atoms with Crippen molar-refractivity contribution in [2.75, 3.05) is 25.0 Å². The molecule has 1 amide bonds. The summed E-state index contributed by atoms with van der Waals surface area (Å²) in [5, 5.41) is 0. The summed E-state index contributed by atoms with van der Waals surface area (Å²) in [4.78, 5) is 20.7. The van der Waals surface area contributed by atoms with E-state index in [1.165, 1.54) is 5.56 Å². The Bertz CT molecular complexity index is 636. The van der Waals surface area contributed by atoms with E-state index in [2.05, 4.69) is 22.0 Å². The van der Waals surface area contributed by atoms with Crippen LogP contribution in [0, 0.1) is 0 Å². The first-order valence-corrected chi connectivity index (χ1v) is 7.74. The van der Waals surface area contributed by atoms with Crippen LogP contribution in [0.1, 0.15) is 28.9 Å². The van der Waals surface area contributed by atoms with Crippen LogP contribution in [0.4, 0.5) is 5.69 Å². The van der Waals surface area contributed by atoms with Crippen molar-refractivity contribution in [1.82, 2.24) is 9.88 Å². The fourth-order valence-electron chi connectivity index (χ4n) is 2.80. The van der Waals surface area contributed by atoms with Gasteiger partial charge in [0.25, 0.3) is 5.91 Å². The highest BCUT2D eigenvalue weighted by molar-refractivity contribution is 5.93. The molecule has 0 atom stereocenters. The second-order valence-corrected chi connectivity index (χ2v) is 5.74. The molecule has 114 valence electrons. The van der Waals surface area contributed by atoms with Gasteiger partial charge < -0.3 is 9.80 Å². The molecule has 1 aromatic carbocycles. The Kier molecular flexibility index (Phi) is 4.37. The monoisotopic (exact) mass is 295 g/mol. The van der Waals surface area contributed by atoms with Crippen LogP contribution < -0.4 is 4.90 Å². The van der Waals surface area contributed by atoms with Gasteiger partial charge in [-0.05, 0) is 30.5 Å². The largest absolute Gasteiger partial charge is 0.370 e. The lowest BCUT2D eigenvalue weighted by Gasteiger charge is -2.21. The maximum atomic E-state index is 12.4. The number of benzene rings is 1. The number of amides is 1. The zero-order valence-corrected chi connectivity index (χ0v) is 12.9. The lowest BCUT2D eigenvalue weighted by Crippen LogP contribution is -2.28. The summed E-state index contributed by atoms with van der Waals surface area (Å²) in [6.45, 7) is 2.51. The Morgan fingerprint density at radius 3 is 2.64 bits per heavy atom. The standard InChI is InChI=1S/C18H21N3O/c1-20(14-15-7-3-2-4-8-15)16-9-10-19-17(13-16)18(22)21-11-5-6-12-21/h2-4,7-10,13H,5-6,11-12,14H2,1H3. The number of nitrogens with zero attached hydrogens (tertiary/aromatic N) is 3. The Morgan fingerprint density at radius 1 is 1.18 bits per heavy atom. The summed E-state index contributed by atoms with van der Waals surface area (Å²) in [5.74, 6) is 0.0486. The molecule has 0 radical (unpaired) electrons. The average Bonchev–Trinajstić information content (AvgIpc) is 3.09. The van der Waals surface area contributed by atoms with E-state index >= 15 is 0 Å². The van der Waals surface area contributed by atoms with Crippen LogP contribution in [-0.2, 0) is 6.54 Å². The molecule has 0 spiro atoms. The molecule has 0 N–H and O–H groups in total. The van der Waals surface area contributed by atoms with Crippen molar-refractivity contribution in [2.24, 2.45) is 0 Å². The van der Waals surface area contributed by atoms with Crippen LogP contribution >= 0.6 is 0 Å². The van der Waals surface area contributed by atoms with Crippen LogP contribution in [0.3, 0.4) is 0 Å². The Balaban J connectivity index is 1.74. The van der Waals surface area contributed by atoms with E-state index in [1.807, 2.05) is 42.3 Å². The van der Waals surface area contributed by atoms with Crippen molar-refractivity contribution >= 4 is 11.6 Å². The third-order valence-corrected chi connectivity index (χ3v) is 4.06. The summed E-state index contributed by atoms with van der Waals surface area (Å²) in [5.41, 5.74) is 2.80. The van der Waals surface area contributed by atoms with Crippen LogP contribution in [0.5, 0.6) is 0 Å². The SMILES string of the molecule is CN(Cc1ccccc1)c1ccnc(C(=O)N2CCCC2)c1. The van der Waals surface area contributed by atoms with Crippen LogP contribution in [-0.4, -0.2) is 35.9 Å². The number of aromatic nitrogens is 1. The molecule has 0 aliphatic carbocycles. The molecule has 4 heteroatoms. The van der Waals surface area contributed by atoms with E-state index < -0.39 is 0 Å². The van der Waals surface area contributed by atoms with Crippen LogP contribution in [0.15, 0.2) is 48.7 Å². The normalized spacial score (nSPS) is 14.1. The van der Waals surface area contributed by atoms with Gasteiger partial charge in [0.15, 0.2) is 0 Å². The van der Waals surface area contributed by atoms with E-state index in [-0.39, 0.29) is 5.91 Å². The van der Waals surface area contributed by atoms with Gasteiger partial charge in [-0.3, -0.25) is 9.78 Å². The molecule has 22 heavy (non-hydrogen) atoms. The minimum atomic E-state index is 0.0486. The Hall–Kier alpha value is -2.36. The molecule has 1 aliphatic heterocycles. The van der Waals surface area contributed by atoms with Gasteiger partial charge in [-0.1, -0.05) is 30.3 Å². The molecule has 1 aliphatic rings. The summed E-state index contributed by atoms with van der Waals surface area (Å²) in [6, 6.07) is 14.1. The summed E-state index contributed by atoms with van der Waals surface area (Å²) in [6.07, 6.45) is 3.92. The zero-order valence-electron chi connectivity index (χ0n) is 12.9. The van der Waals surface area contributed by atoms with Gasteiger partial charge in [-0.15, -0.1) is 0 Å². The summed E-state index contributed by atoms with van der Waals surface area (Å²) >= 11 is 0. The third-order valence-electron chi connectivity index (χ3n) is 4.06. The Morgan fingerprint density at radius 2 is 1.91 bits per heavy atom. The van der Waals surface area contributed by atoms with E-state index in [1.54, 1.807) is 6.20 Å². The average molecular weight is 295 g/mol. The van der Waals surface area contributed by atoms with Crippen molar-refractivity contribution in [3.63, 3.8) is 0 Å². The molecular weight excluding hydrogens is 274 g/mol. The zero-order chi connectivity index (χ0) is 15.4. The molecule has 1 fully saturated rings. The fraction of sp³-hybridized carbons (Fsp3) is 0.333. The smallest absolute Gasteiger partial charge is 0.272 e.